The lowest BCUT2D eigenvalue weighted by Crippen LogP contribution is -2.46. The highest BCUT2D eigenvalue weighted by molar-refractivity contribution is 5.97. The Balaban J connectivity index is 1.78. The summed E-state index contributed by atoms with van der Waals surface area (Å²) in [6.45, 7) is 0.288. The number of nitrogens with two attached hydrogens (primary N) is 1. The Morgan fingerprint density at radius 2 is 1.84 bits per heavy atom. The first kappa shape index (κ1) is 17.3. The maximum Gasteiger partial charge on any atom is 0.326 e. The summed E-state index contributed by atoms with van der Waals surface area (Å²) < 4.78 is 0. The molecule has 0 radical (unpaired) electrons. The Morgan fingerprint density at radius 1 is 1.16 bits per heavy atom. The molecule has 3 rings (SSSR count). The van der Waals surface area contributed by atoms with Gasteiger partial charge in [-0.25, -0.2) is 9.59 Å². The number of primary amides is 1. The van der Waals surface area contributed by atoms with Crippen LogP contribution in [-0.2, 0) is 11.3 Å². The Hall–Kier alpha value is -2.57. The van der Waals surface area contributed by atoms with Crippen LogP contribution in [0.4, 0.5) is 4.79 Å². The van der Waals surface area contributed by atoms with Gasteiger partial charge in [-0.2, -0.15) is 0 Å². The van der Waals surface area contributed by atoms with Crippen molar-refractivity contribution in [3.8, 4) is 0 Å². The number of likely N-dealkylation sites (tertiary alicyclic amines) is 1. The van der Waals surface area contributed by atoms with Gasteiger partial charge in [0.1, 0.15) is 6.04 Å². The fourth-order valence-electron chi connectivity index (χ4n) is 4.08. The standard InChI is InChI=1S/C18H23N3O4/c19-18(25)20-10-11-5-7-12(8-6-11)16(22)21-14-4-2-1-3-13(14)9-15(21)17(23)24/h5-8,13-15H,1-4,9-10H2,(H,23,24)(H3,19,20,25). The fourth-order valence-corrected chi connectivity index (χ4v) is 4.08. The van der Waals surface area contributed by atoms with E-state index < -0.39 is 18.0 Å². The number of hydrogen-bond acceptors (Lipinski definition) is 3. The molecule has 3 atom stereocenters. The van der Waals surface area contributed by atoms with Crippen LogP contribution in [0.15, 0.2) is 24.3 Å². The molecule has 1 aromatic carbocycles. The number of fused-ring (bicyclic) bond motifs is 1. The first-order valence-corrected chi connectivity index (χ1v) is 8.65. The second-order valence-electron chi connectivity index (χ2n) is 6.83. The average molecular weight is 345 g/mol. The number of aliphatic carboxylic acids is 1. The van der Waals surface area contributed by atoms with E-state index in [-0.39, 0.29) is 24.4 Å². The number of carbonyl (C=O) groups excluding carboxylic acids is 2. The first-order valence-electron chi connectivity index (χ1n) is 8.65. The molecule has 7 heteroatoms. The number of hydrogen-bond donors (Lipinski definition) is 3. The van der Waals surface area contributed by atoms with E-state index in [4.69, 9.17) is 5.73 Å². The number of amides is 3. The average Bonchev–Trinajstić information content (AvgIpc) is 2.99. The van der Waals surface area contributed by atoms with Gasteiger partial charge in [0, 0.05) is 18.2 Å². The van der Waals surface area contributed by atoms with Gasteiger partial charge in [-0.05, 0) is 42.9 Å². The molecule has 2 fully saturated rings. The van der Waals surface area contributed by atoms with Crippen LogP contribution in [0.2, 0.25) is 0 Å². The largest absolute Gasteiger partial charge is 0.480 e. The molecule has 7 nitrogen and oxygen atoms in total. The SMILES string of the molecule is NC(=O)NCc1ccc(C(=O)N2C(C(=O)O)CC3CCCCC32)cc1. The fraction of sp³-hybridized carbons (Fsp3) is 0.500. The highest BCUT2D eigenvalue weighted by Gasteiger charge is 2.47. The molecule has 1 saturated carbocycles. The summed E-state index contributed by atoms with van der Waals surface area (Å²) in [7, 11) is 0. The van der Waals surface area contributed by atoms with Crippen LogP contribution in [0, 0.1) is 5.92 Å². The van der Waals surface area contributed by atoms with E-state index in [0.717, 1.165) is 31.2 Å². The van der Waals surface area contributed by atoms with Gasteiger partial charge in [0.15, 0.2) is 0 Å². The number of nitrogens with zero attached hydrogens (tertiary/aromatic N) is 1. The molecule has 4 N–H and O–H groups in total. The zero-order valence-corrected chi connectivity index (χ0v) is 14.0. The molecule has 0 bridgehead atoms. The van der Waals surface area contributed by atoms with Crippen LogP contribution in [0.25, 0.3) is 0 Å². The third-order valence-electron chi connectivity index (χ3n) is 5.28. The van der Waals surface area contributed by atoms with Crippen molar-refractivity contribution in [2.75, 3.05) is 0 Å². The van der Waals surface area contributed by atoms with Crippen molar-refractivity contribution in [1.82, 2.24) is 10.2 Å². The number of benzene rings is 1. The van der Waals surface area contributed by atoms with E-state index in [0.29, 0.717) is 12.0 Å². The van der Waals surface area contributed by atoms with E-state index in [1.165, 1.54) is 0 Å². The minimum absolute atomic E-state index is 0.0264. The summed E-state index contributed by atoms with van der Waals surface area (Å²) in [6, 6.07) is 5.52. The van der Waals surface area contributed by atoms with E-state index in [2.05, 4.69) is 5.32 Å². The van der Waals surface area contributed by atoms with Crippen molar-refractivity contribution >= 4 is 17.9 Å². The zero-order valence-electron chi connectivity index (χ0n) is 14.0. The molecule has 0 aromatic heterocycles. The Morgan fingerprint density at radius 3 is 2.48 bits per heavy atom. The lowest BCUT2D eigenvalue weighted by molar-refractivity contribution is -0.141. The maximum absolute atomic E-state index is 13.0. The number of carboxylic acids is 1. The van der Waals surface area contributed by atoms with Crippen LogP contribution in [0.5, 0.6) is 0 Å². The molecule has 1 aromatic rings. The van der Waals surface area contributed by atoms with Crippen molar-refractivity contribution in [3.05, 3.63) is 35.4 Å². The summed E-state index contributed by atoms with van der Waals surface area (Å²) in [5.74, 6) is -0.862. The second-order valence-corrected chi connectivity index (χ2v) is 6.83. The Labute approximate surface area is 146 Å². The molecule has 3 amide bonds. The Bertz CT molecular complexity index is 673. The molecule has 25 heavy (non-hydrogen) atoms. The number of carboxylic acid groups (broad SMARTS) is 1. The van der Waals surface area contributed by atoms with Crippen molar-refractivity contribution < 1.29 is 19.5 Å². The van der Waals surface area contributed by atoms with E-state index in [1.54, 1.807) is 29.2 Å². The van der Waals surface area contributed by atoms with Gasteiger partial charge in [0.05, 0.1) is 0 Å². The molecule has 2 aliphatic rings. The quantitative estimate of drug-likeness (QED) is 0.771. The summed E-state index contributed by atoms with van der Waals surface area (Å²) in [5, 5.41) is 12.0. The number of carbonyl (C=O) groups is 3. The third-order valence-corrected chi connectivity index (χ3v) is 5.28. The smallest absolute Gasteiger partial charge is 0.326 e. The van der Waals surface area contributed by atoms with Crippen molar-refractivity contribution in [1.29, 1.82) is 0 Å². The van der Waals surface area contributed by atoms with E-state index in [1.807, 2.05) is 0 Å². The summed E-state index contributed by atoms with van der Waals surface area (Å²) >= 11 is 0. The van der Waals surface area contributed by atoms with Gasteiger partial charge in [0.2, 0.25) is 0 Å². The van der Waals surface area contributed by atoms with E-state index in [9.17, 15) is 19.5 Å². The van der Waals surface area contributed by atoms with E-state index >= 15 is 0 Å². The zero-order chi connectivity index (χ0) is 18.0. The molecule has 1 aliphatic heterocycles. The summed E-state index contributed by atoms with van der Waals surface area (Å²) in [6.07, 6.45) is 4.56. The van der Waals surface area contributed by atoms with Crippen LogP contribution < -0.4 is 11.1 Å². The maximum atomic E-state index is 13.0. The third kappa shape index (κ3) is 3.60. The van der Waals surface area contributed by atoms with Gasteiger partial charge >= 0.3 is 12.0 Å². The molecule has 1 heterocycles. The highest BCUT2D eigenvalue weighted by Crippen LogP contribution is 2.40. The van der Waals surface area contributed by atoms with Gasteiger partial charge < -0.3 is 21.1 Å². The molecule has 3 unspecified atom stereocenters. The van der Waals surface area contributed by atoms with Crippen molar-refractivity contribution in [2.24, 2.45) is 11.7 Å². The lowest BCUT2D eigenvalue weighted by Gasteiger charge is -2.33. The molecule has 1 saturated heterocycles. The van der Waals surface area contributed by atoms with Gasteiger partial charge in [-0.1, -0.05) is 25.0 Å². The van der Waals surface area contributed by atoms with Crippen LogP contribution in [0.3, 0.4) is 0 Å². The summed E-state index contributed by atoms with van der Waals surface area (Å²) in [5.41, 5.74) is 6.33. The number of rotatable bonds is 4. The molecular formula is C18H23N3O4. The van der Waals surface area contributed by atoms with Crippen molar-refractivity contribution in [2.45, 2.75) is 50.7 Å². The molecular weight excluding hydrogens is 322 g/mol. The van der Waals surface area contributed by atoms with Crippen molar-refractivity contribution in [3.63, 3.8) is 0 Å². The summed E-state index contributed by atoms with van der Waals surface area (Å²) in [4.78, 5) is 37.0. The topological polar surface area (TPSA) is 113 Å². The van der Waals surface area contributed by atoms with Gasteiger partial charge in [-0.3, -0.25) is 4.79 Å². The number of nitrogens with one attached hydrogen (secondary N) is 1. The Kier molecular flexibility index (Phi) is 4.92. The second kappa shape index (κ2) is 7.13. The first-order chi connectivity index (χ1) is 12.0. The van der Waals surface area contributed by atoms with Crippen LogP contribution in [0.1, 0.15) is 48.0 Å². The molecule has 134 valence electrons. The minimum atomic E-state index is -0.926. The van der Waals surface area contributed by atoms with Crippen LogP contribution >= 0.6 is 0 Å². The van der Waals surface area contributed by atoms with Gasteiger partial charge in [-0.15, -0.1) is 0 Å². The number of urea groups is 1. The normalized spacial score (nSPS) is 25.3. The van der Waals surface area contributed by atoms with Gasteiger partial charge in [0.25, 0.3) is 5.91 Å². The van der Waals surface area contributed by atoms with Crippen LogP contribution in [-0.4, -0.2) is 40.0 Å². The lowest BCUT2D eigenvalue weighted by atomic mass is 9.84. The predicted molar refractivity (Wildman–Crippen MR) is 90.8 cm³/mol. The monoisotopic (exact) mass is 345 g/mol. The highest BCUT2D eigenvalue weighted by atomic mass is 16.4. The minimum Gasteiger partial charge on any atom is -0.480 e. The molecule has 0 spiro atoms. The molecule has 1 aliphatic carbocycles. The predicted octanol–water partition coefficient (Wildman–Crippen LogP) is 1.71.